The van der Waals surface area contributed by atoms with E-state index in [1.807, 2.05) is 63.0 Å². The Bertz CT molecular complexity index is 2480. The van der Waals surface area contributed by atoms with Gasteiger partial charge in [0.2, 0.25) is 17.7 Å². The van der Waals surface area contributed by atoms with Crippen LogP contribution in [0.15, 0.2) is 72.8 Å². The number of hydrogen-bond donors (Lipinski definition) is 4. The Hall–Kier alpha value is -6.88. The quantitative estimate of drug-likeness (QED) is 0.0570. The molecule has 5 N–H and O–H groups in total. The van der Waals surface area contributed by atoms with E-state index in [1.54, 1.807) is 47.4 Å². The van der Waals surface area contributed by atoms with E-state index in [0.717, 1.165) is 73.1 Å². The largest absolute Gasteiger partial charge is 0.493 e. The van der Waals surface area contributed by atoms with Crippen LogP contribution in [0.5, 0.6) is 5.75 Å². The van der Waals surface area contributed by atoms with Crippen molar-refractivity contribution in [3.63, 3.8) is 0 Å². The van der Waals surface area contributed by atoms with Gasteiger partial charge in [0.1, 0.15) is 11.8 Å². The fourth-order valence-corrected chi connectivity index (χ4v) is 9.12. The van der Waals surface area contributed by atoms with Crippen LogP contribution < -0.4 is 26.4 Å². The van der Waals surface area contributed by atoms with Crippen LogP contribution >= 0.6 is 0 Å². The van der Waals surface area contributed by atoms with Crippen molar-refractivity contribution in [2.75, 3.05) is 37.9 Å². The number of urea groups is 1. The Morgan fingerprint density at radius 2 is 1.55 bits per heavy atom. The van der Waals surface area contributed by atoms with Gasteiger partial charge in [-0.2, -0.15) is 5.10 Å². The minimum atomic E-state index is -1.03. The Labute approximate surface area is 384 Å². The van der Waals surface area contributed by atoms with Gasteiger partial charge in [-0.15, -0.1) is 0 Å². The molecule has 1 aromatic heterocycles. The molecule has 0 saturated carbocycles. The van der Waals surface area contributed by atoms with E-state index in [2.05, 4.69) is 20.9 Å². The lowest BCUT2D eigenvalue weighted by atomic mass is 9.98. The molecule has 0 spiro atoms. The van der Waals surface area contributed by atoms with E-state index in [4.69, 9.17) is 15.6 Å². The van der Waals surface area contributed by atoms with Gasteiger partial charge < -0.3 is 30.9 Å². The first kappa shape index (κ1) is 47.1. The summed E-state index contributed by atoms with van der Waals surface area (Å²) in [6.07, 6.45) is 8.00. The molecule has 1 saturated heterocycles. The Morgan fingerprint density at radius 1 is 0.864 bits per heavy atom. The predicted molar refractivity (Wildman–Crippen MR) is 247 cm³/mol. The topological polar surface area (TPSA) is 218 Å². The number of unbranched alkanes of at least 4 members (excludes halogenated alkanes) is 7. The zero-order valence-corrected chi connectivity index (χ0v) is 38.1. The van der Waals surface area contributed by atoms with Crippen molar-refractivity contribution >= 4 is 53.0 Å². The van der Waals surface area contributed by atoms with Gasteiger partial charge >= 0.3 is 6.03 Å². The van der Waals surface area contributed by atoms with Gasteiger partial charge in [0.25, 0.3) is 17.7 Å². The van der Waals surface area contributed by atoms with Gasteiger partial charge in [-0.25, -0.2) is 4.79 Å². The van der Waals surface area contributed by atoms with Crippen molar-refractivity contribution in [3.05, 3.63) is 106 Å². The number of ether oxygens (including phenoxy) is 1. The van der Waals surface area contributed by atoms with Crippen LogP contribution in [0.25, 0.3) is 0 Å². The average molecular weight is 902 g/mol. The van der Waals surface area contributed by atoms with Crippen molar-refractivity contribution in [1.29, 1.82) is 0 Å². The summed E-state index contributed by atoms with van der Waals surface area (Å²) < 4.78 is 7.85. The SMILES string of the molecule is CN(C)C[C@H](c1ccccc1)n1nc(NC(=O)c2ccc(NC(=O)CCCCCCCCCCOc3cccc4c3C(=O)N(C3CCC(=O)NC3=O)C4=O)cc2)c2c1C(C)(C)N(C(N)=O)C2. The first-order valence-electron chi connectivity index (χ1n) is 22.7. The molecule has 0 radical (unpaired) electrons. The molecule has 2 atom stereocenters. The number of benzene rings is 3. The Kier molecular flexibility index (Phi) is 14.6. The van der Waals surface area contributed by atoms with Crippen LogP contribution in [0, 0.1) is 0 Å². The number of nitrogens with zero attached hydrogens (tertiary/aromatic N) is 5. The van der Waals surface area contributed by atoms with Crippen molar-refractivity contribution in [2.45, 2.75) is 109 Å². The molecule has 0 bridgehead atoms. The molecular weight excluding hydrogens is 843 g/mol. The van der Waals surface area contributed by atoms with Crippen LogP contribution in [0.1, 0.15) is 138 Å². The maximum absolute atomic E-state index is 13.6. The van der Waals surface area contributed by atoms with Crippen molar-refractivity contribution in [3.8, 4) is 5.75 Å². The highest BCUT2D eigenvalue weighted by Crippen LogP contribution is 2.44. The zero-order chi connectivity index (χ0) is 47.1. The van der Waals surface area contributed by atoms with Gasteiger partial charge in [0, 0.05) is 36.2 Å². The molecule has 17 heteroatoms. The van der Waals surface area contributed by atoms with Crippen LogP contribution in [0.2, 0.25) is 0 Å². The van der Waals surface area contributed by atoms with E-state index in [0.29, 0.717) is 42.4 Å². The number of carbonyl (C=O) groups is 7. The lowest BCUT2D eigenvalue weighted by molar-refractivity contribution is -0.136. The van der Waals surface area contributed by atoms with Gasteiger partial charge in [-0.1, -0.05) is 74.9 Å². The first-order valence-corrected chi connectivity index (χ1v) is 22.7. The molecule has 4 heterocycles. The summed E-state index contributed by atoms with van der Waals surface area (Å²) in [5.74, 6) is -2.01. The zero-order valence-electron chi connectivity index (χ0n) is 38.1. The number of rotatable bonds is 20. The number of primary amides is 1. The lowest BCUT2D eigenvalue weighted by Gasteiger charge is -2.33. The summed E-state index contributed by atoms with van der Waals surface area (Å²) in [6.45, 7) is 5.06. The van der Waals surface area contributed by atoms with Crippen LogP contribution in [-0.2, 0) is 26.5 Å². The number of amides is 8. The molecular formula is C49H59N9O8. The first-order chi connectivity index (χ1) is 31.6. The molecule has 7 rings (SSSR count). The second kappa shape index (κ2) is 20.5. The third-order valence-electron chi connectivity index (χ3n) is 12.5. The van der Waals surface area contributed by atoms with Crippen LogP contribution in [0.3, 0.4) is 0 Å². The second-order valence-corrected chi connectivity index (χ2v) is 17.9. The molecule has 1 fully saturated rings. The molecule has 8 amide bonds. The van der Waals surface area contributed by atoms with Crippen molar-refractivity contribution in [1.82, 2.24) is 29.8 Å². The number of carbonyl (C=O) groups excluding carboxylic acids is 7. The van der Waals surface area contributed by atoms with Gasteiger partial charge in [0.15, 0.2) is 5.82 Å². The maximum Gasteiger partial charge on any atom is 0.315 e. The second-order valence-electron chi connectivity index (χ2n) is 17.9. The summed E-state index contributed by atoms with van der Waals surface area (Å²) >= 11 is 0. The molecule has 348 valence electrons. The molecule has 4 aromatic rings. The van der Waals surface area contributed by atoms with E-state index in [1.165, 1.54) is 0 Å². The summed E-state index contributed by atoms with van der Waals surface area (Å²) in [7, 11) is 3.98. The number of aromatic nitrogens is 2. The highest BCUT2D eigenvalue weighted by atomic mass is 16.5. The van der Waals surface area contributed by atoms with Gasteiger partial charge in [0.05, 0.1) is 41.6 Å². The summed E-state index contributed by atoms with van der Waals surface area (Å²) in [6, 6.07) is 19.8. The Balaban J connectivity index is 0.815. The summed E-state index contributed by atoms with van der Waals surface area (Å²) in [4.78, 5) is 93.9. The molecule has 66 heavy (non-hydrogen) atoms. The van der Waals surface area contributed by atoms with E-state index >= 15 is 0 Å². The van der Waals surface area contributed by atoms with E-state index in [9.17, 15) is 33.6 Å². The number of piperidine rings is 1. The number of hydrogen-bond acceptors (Lipinski definition) is 10. The van der Waals surface area contributed by atoms with Gasteiger partial charge in [-0.3, -0.25) is 43.7 Å². The minimum Gasteiger partial charge on any atom is -0.493 e. The Morgan fingerprint density at radius 3 is 2.21 bits per heavy atom. The third-order valence-corrected chi connectivity index (χ3v) is 12.5. The third kappa shape index (κ3) is 10.3. The van der Waals surface area contributed by atoms with Crippen molar-refractivity contribution in [2.24, 2.45) is 5.73 Å². The molecule has 1 unspecified atom stereocenters. The highest BCUT2D eigenvalue weighted by Gasteiger charge is 2.47. The van der Waals surface area contributed by atoms with Crippen LogP contribution in [0.4, 0.5) is 16.3 Å². The predicted octanol–water partition coefficient (Wildman–Crippen LogP) is 6.35. The lowest BCUT2D eigenvalue weighted by Crippen LogP contribution is -2.54. The minimum absolute atomic E-state index is 0.0569. The fraction of sp³-hybridized carbons (Fsp3) is 0.429. The molecule has 17 nitrogen and oxygen atoms in total. The highest BCUT2D eigenvalue weighted by molar-refractivity contribution is 6.24. The van der Waals surface area contributed by atoms with E-state index in [-0.39, 0.29) is 48.4 Å². The number of nitrogens with one attached hydrogen (secondary N) is 3. The molecule has 3 aromatic carbocycles. The maximum atomic E-state index is 13.6. The number of fused-ring (bicyclic) bond motifs is 2. The van der Waals surface area contributed by atoms with Crippen LogP contribution in [-0.4, -0.2) is 99.2 Å². The molecule has 0 aliphatic carbocycles. The summed E-state index contributed by atoms with van der Waals surface area (Å²) in [5, 5.41) is 13.1. The summed E-state index contributed by atoms with van der Waals surface area (Å²) in [5.41, 5.74) is 8.95. The van der Waals surface area contributed by atoms with E-state index < -0.39 is 41.2 Å². The fourth-order valence-electron chi connectivity index (χ4n) is 9.12. The molecule has 3 aliphatic heterocycles. The number of nitrogens with two attached hydrogens (primary N) is 1. The standard InChI is InChI=1S/C49H59N9O8/c1-49(2)42-35(29-56(49)48(50)65)43(54-58(42)37(30-55(3)4)31-17-12-11-13-18-31)53-44(61)32-22-24-33(25-23-32)51-39(59)21-14-9-7-5-6-8-10-15-28-66-38-20-16-19-34-41(38)47(64)57(46(34)63)36-26-27-40(60)52-45(36)62/h11-13,16-20,22-25,36-37H,5-10,14-15,21,26-30H2,1-4H3,(H2,50,65)(H,51,59)(H,52,60,62)(H,53,54,61)/t36?,37-/m1/s1. The van der Waals surface area contributed by atoms with Crippen molar-refractivity contribution < 1.29 is 38.3 Å². The monoisotopic (exact) mass is 901 g/mol. The van der Waals surface area contributed by atoms with Gasteiger partial charge in [-0.05, 0) is 89.2 Å². The number of likely N-dealkylation sites (N-methyl/N-ethyl adjacent to an activating group) is 1. The number of anilines is 2. The number of imide groups is 2. The normalized spacial score (nSPS) is 16.8. The smallest absolute Gasteiger partial charge is 0.315 e. The average Bonchev–Trinajstić information content (AvgIpc) is 3.88. The molecule has 3 aliphatic rings.